The van der Waals surface area contributed by atoms with Crippen molar-refractivity contribution in [1.82, 2.24) is 4.98 Å². The fourth-order valence-electron chi connectivity index (χ4n) is 2.06. The second-order valence-corrected chi connectivity index (χ2v) is 4.84. The van der Waals surface area contributed by atoms with Crippen molar-refractivity contribution in [2.75, 3.05) is 5.32 Å². The van der Waals surface area contributed by atoms with Crippen molar-refractivity contribution in [3.63, 3.8) is 0 Å². The Morgan fingerprint density at radius 2 is 2.05 bits per heavy atom. The second kappa shape index (κ2) is 5.18. The molecule has 1 aromatic heterocycles. The Balaban J connectivity index is 2.00. The van der Waals surface area contributed by atoms with Gasteiger partial charge in [0.2, 0.25) is 0 Å². The minimum atomic E-state index is -0.680. The number of oxazole rings is 1. The molecule has 21 heavy (non-hydrogen) atoms. The normalized spacial score (nSPS) is 10.8. The van der Waals surface area contributed by atoms with Gasteiger partial charge in [0.15, 0.2) is 11.5 Å². The van der Waals surface area contributed by atoms with Crippen LogP contribution >= 0.6 is 11.6 Å². The molecular formula is C15H10ClFN2O2. The minimum absolute atomic E-state index is 0.0495. The molecule has 0 aliphatic rings. The summed E-state index contributed by atoms with van der Waals surface area (Å²) in [4.78, 5) is 16.4. The summed E-state index contributed by atoms with van der Waals surface area (Å²) in [6, 6.07) is 9.22. The molecule has 106 valence electrons. The summed E-state index contributed by atoms with van der Waals surface area (Å²) in [6.45, 7) is 1.71. The monoisotopic (exact) mass is 304 g/mol. The summed E-state index contributed by atoms with van der Waals surface area (Å²) in [7, 11) is 0. The predicted molar refractivity (Wildman–Crippen MR) is 78.1 cm³/mol. The highest BCUT2D eigenvalue weighted by Crippen LogP contribution is 2.26. The quantitative estimate of drug-likeness (QED) is 0.772. The number of nitrogens with one attached hydrogen (secondary N) is 1. The molecule has 0 radical (unpaired) electrons. The molecule has 0 bridgehead atoms. The van der Waals surface area contributed by atoms with Crippen molar-refractivity contribution in [3.05, 3.63) is 58.7 Å². The Labute approximate surface area is 124 Å². The van der Waals surface area contributed by atoms with Gasteiger partial charge in [0.1, 0.15) is 11.3 Å². The third-order valence-corrected chi connectivity index (χ3v) is 3.27. The molecule has 3 aromatic rings. The number of amides is 1. The molecular weight excluding hydrogens is 295 g/mol. The number of para-hydroxylation sites is 1. The van der Waals surface area contributed by atoms with Crippen molar-refractivity contribution < 1.29 is 13.6 Å². The highest BCUT2D eigenvalue weighted by Gasteiger charge is 2.17. The lowest BCUT2D eigenvalue weighted by Crippen LogP contribution is -2.14. The van der Waals surface area contributed by atoms with Crippen LogP contribution in [0.4, 0.5) is 10.1 Å². The number of nitrogens with zero attached hydrogens (tertiary/aromatic N) is 1. The van der Waals surface area contributed by atoms with Crippen LogP contribution in [0.15, 0.2) is 40.8 Å². The van der Waals surface area contributed by atoms with Gasteiger partial charge in [-0.2, -0.15) is 0 Å². The van der Waals surface area contributed by atoms with E-state index in [4.69, 9.17) is 16.0 Å². The van der Waals surface area contributed by atoms with E-state index in [2.05, 4.69) is 10.3 Å². The molecule has 1 N–H and O–H groups in total. The number of carbonyl (C=O) groups is 1. The Hall–Kier alpha value is -2.40. The Kier molecular flexibility index (Phi) is 3.35. The van der Waals surface area contributed by atoms with Crippen LogP contribution in [0.5, 0.6) is 0 Å². The van der Waals surface area contributed by atoms with Gasteiger partial charge in [-0.25, -0.2) is 9.37 Å². The van der Waals surface area contributed by atoms with Crippen molar-refractivity contribution >= 4 is 34.3 Å². The van der Waals surface area contributed by atoms with Crippen LogP contribution in [0.25, 0.3) is 11.1 Å². The van der Waals surface area contributed by atoms with Crippen LogP contribution in [0.3, 0.4) is 0 Å². The van der Waals surface area contributed by atoms with Crippen molar-refractivity contribution in [2.45, 2.75) is 6.92 Å². The number of hydrogen-bond acceptors (Lipinski definition) is 3. The summed E-state index contributed by atoms with van der Waals surface area (Å²) in [5, 5.41) is 2.65. The average molecular weight is 305 g/mol. The van der Waals surface area contributed by atoms with Gasteiger partial charge in [-0.3, -0.25) is 4.79 Å². The molecule has 1 amide bonds. The summed E-state index contributed by atoms with van der Waals surface area (Å²) in [6.07, 6.45) is 0. The topological polar surface area (TPSA) is 55.1 Å². The lowest BCUT2D eigenvalue weighted by Gasteiger charge is -2.07. The summed E-state index contributed by atoms with van der Waals surface area (Å²) >= 11 is 5.88. The summed E-state index contributed by atoms with van der Waals surface area (Å²) in [5.41, 5.74) is 1.27. The Morgan fingerprint density at radius 3 is 2.81 bits per heavy atom. The van der Waals surface area contributed by atoms with Gasteiger partial charge in [0.25, 0.3) is 5.91 Å². The maximum absolute atomic E-state index is 13.7. The molecule has 0 saturated carbocycles. The highest BCUT2D eigenvalue weighted by molar-refractivity contribution is 6.34. The maximum Gasteiger partial charge on any atom is 0.260 e. The number of hydrogen-bond donors (Lipinski definition) is 1. The van der Waals surface area contributed by atoms with E-state index in [0.29, 0.717) is 22.7 Å². The molecule has 2 aromatic carbocycles. The SMILES string of the molecule is Cc1nc2cccc(NC(=O)c3c(F)cccc3Cl)c2o1. The maximum atomic E-state index is 13.7. The number of aromatic nitrogens is 1. The fourth-order valence-corrected chi connectivity index (χ4v) is 2.31. The van der Waals surface area contributed by atoms with Crippen LogP contribution in [-0.4, -0.2) is 10.9 Å². The van der Waals surface area contributed by atoms with Crippen molar-refractivity contribution in [1.29, 1.82) is 0 Å². The molecule has 0 spiro atoms. The first-order valence-corrected chi connectivity index (χ1v) is 6.55. The van der Waals surface area contributed by atoms with Gasteiger partial charge in [-0.15, -0.1) is 0 Å². The van der Waals surface area contributed by atoms with Gasteiger partial charge in [0, 0.05) is 6.92 Å². The van der Waals surface area contributed by atoms with E-state index in [9.17, 15) is 9.18 Å². The zero-order valence-corrected chi connectivity index (χ0v) is 11.7. The zero-order valence-electron chi connectivity index (χ0n) is 11.0. The average Bonchev–Trinajstić information content (AvgIpc) is 2.80. The second-order valence-electron chi connectivity index (χ2n) is 4.44. The number of rotatable bonds is 2. The van der Waals surface area contributed by atoms with Gasteiger partial charge < -0.3 is 9.73 Å². The molecule has 0 atom stereocenters. The standard InChI is InChI=1S/C15H10ClFN2O2/c1-8-18-11-6-3-7-12(14(11)21-8)19-15(20)13-9(16)4-2-5-10(13)17/h2-7H,1H3,(H,19,20). The summed E-state index contributed by atoms with van der Waals surface area (Å²) < 4.78 is 19.2. The number of anilines is 1. The first-order chi connectivity index (χ1) is 10.1. The number of carbonyl (C=O) groups excluding carboxylic acids is 1. The van der Waals surface area contributed by atoms with Crippen LogP contribution in [0.2, 0.25) is 5.02 Å². The molecule has 0 unspecified atom stereocenters. The lowest BCUT2D eigenvalue weighted by molar-refractivity contribution is 0.102. The van der Waals surface area contributed by atoms with Crippen LogP contribution in [0, 0.1) is 12.7 Å². The van der Waals surface area contributed by atoms with Crippen LogP contribution < -0.4 is 5.32 Å². The third-order valence-electron chi connectivity index (χ3n) is 2.96. The zero-order chi connectivity index (χ0) is 15.0. The van der Waals surface area contributed by atoms with Crippen LogP contribution in [-0.2, 0) is 0 Å². The molecule has 0 fully saturated rings. The van der Waals surface area contributed by atoms with Crippen molar-refractivity contribution in [2.24, 2.45) is 0 Å². The van der Waals surface area contributed by atoms with Crippen LogP contribution in [0.1, 0.15) is 16.2 Å². The number of halogens is 2. The van der Waals surface area contributed by atoms with Gasteiger partial charge in [-0.1, -0.05) is 23.7 Å². The molecule has 6 heteroatoms. The fraction of sp³-hybridized carbons (Fsp3) is 0.0667. The summed E-state index contributed by atoms with van der Waals surface area (Å²) in [5.74, 6) is -0.837. The molecule has 4 nitrogen and oxygen atoms in total. The first kappa shape index (κ1) is 13.6. The van der Waals surface area contributed by atoms with E-state index in [0.717, 1.165) is 0 Å². The van der Waals surface area contributed by atoms with E-state index in [-0.39, 0.29) is 10.6 Å². The molecule has 0 saturated heterocycles. The van der Waals surface area contributed by atoms with Crippen molar-refractivity contribution in [3.8, 4) is 0 Å². The largest absolute Gasteiger partial charge is 0.439 e. The van der Waals surface area contributed by atoms with E-state index in [1.54, 1.807) is 25.1 Å². The molecule has 1 heterocycles. The lowest BCUT2D eigenvalue weighted by atomic mass is 10.2. The molecule has 0 aliphatic carbocycles. The van der Waals surface area contributed by atoms with Gasteiger partial charge in [-0.05, 0) is 24.3 Å². The third kappa shape index (κ3) is 2.48. The van der Waals surface area contributed by atoms with E-state index in [1.807, 2.05) is 0 Å². The Bertz CT molecular complexity index is 825. The van der Waals surface area contributed by atoms with Gasteiger partial charge in [0.05, 0.1) is 16.3 Å². The van der Waals surface area contributed by atoms with E-state index < -0.39 is 11.7 Å². The first-order valence-electron chi connectivity index (χ1n) is 6.18. The Morgan fingerprint density at radius 1 is 1.29 bits per heavy atom. The van der Waals surface area contributed by atoms with E-state index >= 15 is 0 Å². The predicted octanol–water partition coefficient (Wildman–Crippen LogP) is 4.18. The number of benzene rings is 2. The van der Waals surface area contributed by atoms with Gasteiger partial charge >= 0.3 is 0 Å². The van der Waals surface area contributed by atoms with E-state index in [1.165, 1.54) is 18.2 Å². The number of aryl methyl sites for hydroxylation is 1. The minimum Gasteiger partial charge on any atom is -0.439 e. The molecule has 0 aliphatic heterocycles. The smallest absolute Gasteiger partial charge is 0.260 e. The molecule has 3 rings (SSSR count). The number of fused-ring (bicyclic) bond motifs is 1. The highest BCUT2D eigenvalue weighted by atomic mass is 35.5.